The van der Waals surface area contributed by atoms with E-state index in [1.165, 1.54) is 7.11 Å². The molecule has 1 aliphatic carbocycles. The second-order valence-electron chi connectivity index (χ2n) is 6.86. The zero-order valence-electron chi connectivity index (χ0n) is 15.5. The SMILES string of the molecule is COC(=O)C(Cc1ccccc1)NC(=O)c1c(C)cc(C2CCC2)oc1=O. The van der Waals surface area contributed by atoms with Crippen LogP contribution < -0.4 is 10.9 Å². The van der Waals surface area contributed by atoms with E-state index in [1.54, 1.807) is 13.0 Å². The van der Waals surface area contributed by atoms with Crippen molar-refractivity contribution in [3.8, 4) is 0 Å². The number of hydrogen-bond donors (Lipinski definition) is 1. The number of nitrogens with one attached hydrogen (secondary N) is 1. The summed E-state index contributed by atoms with van der Waals surface area (Å²) in [4.78, 5) is 37.2. The molecule has 1 heterocycles. The molecule has 1 aromatic carbocycles. The summed E-state index contributed by atoms with van der Waals surface area (Å²) in [6.45, 7) is 1.71. The molecule has 142 valence electrons. The van der Waals surface area contributed by atoms with Crippen LogP contribution >= 0.6 is 0 Å². The summed E-state index contributed by atoms with van der Waals surface area (Å²) in [5.74, 6) is -0.309. The van der Waals surface area contributed by atoms with Crippen molar-refractivity contribution >= 4 is 11.9 Å². The molecule has 0 aliphatic heterocycles. The zero-order chi connectivity index (χ0) is 19.4. The molecule has 6 nitrogen and oxygen atoms in total. The minimum atomic E-state index is -0.894. The van der Waals surface area contributed by atoms with E-state index in [1.807, 2.05) is 30.3 Å². The first-order chi connectivity index (χ1) is 13.0. The largest absolute Gasteiger partial charge is 0.467 e. The molecule has 1 aliphatic rings. The number of rotatable bonds is 6. The number of aryl methyl sites for hydroxylation is 1. The Balaban J connectivity index is 1.81. The lowest BCUT2D eigenvalue weighted by atomic mass is 9.83. The van der Waals surface area contributed by atoms with Gasteiger partial charge in [-0.3, -0.25) is 4.79 Å². The van der Waals surface area contributed by atoms with Gasteiger partial charge in [0.1, 0.15) is 17.4 Å². The highest BCUT2D eigenvalue weighted by Crippen LogP contribution is 2.36. The molecule has 1 atom stereocenters. The summed E-state index contributed by atoms with van der Waals surface area (Å²) in [5, 5.41) is 2.62. The van der Waals surface area contributed by atoms with Crippen LogP contribution in [0.15, 0.2) is 45.6 Å². The monoisotopic (exact) mass is 369 g/mol. The summed E-state index contributed by atoms with van der Waals surface area (Å²) < 4.78 is 10.2. The first-order valence-corrected chi connectivity index (χ1v) is 9.07. The number of carbonyl (C=O) groups excluding carboxylic acids is 2. The number of amides is 1. The van der Waals surface area contributed by atoms with Gasteiger partial charge in [-0.25, -0.2) is 9.59 Å². The highest BCUT2D eigenvalue weighted by atomic mass is 16.5. The maximum atomic E-state index is 12.7. The van der Waals surface area contributed by atoms with E-state index < -0.39 is 23.5 Å². The van der Waals surface area contributed by atoms with Crippen molar-refractivity contribution in [1.29, 1.82) is 0 Å². The van der Waals surface area contributed by atoms with Gasteiger partial charge in [0.05, 0.1) is 7.11 Å². The third-order valence-corrected chi connectivity index (χ3v) is 4.98. The van der Waals surface area contributed by atoms with E-state index in [2.05, 4.69) is 5.32 Å². The molecule has 0 radical (unpaired) electrons. The van der Waals surface area contributed by atoms with Crippen LogP contribution in [0.2, 0.25) is 0 Å². The van der Waals surface area contributed by atoms with Crippen molar-refractivity contribution in [2.75, 3.05) is 7.11 Å². The molecule has 0 bridgehead atoms. The summed E-state index contributed by atoms with van der Waals surface area (Å²) in [7, 11) is 1.26. The van der Waals surface area contributed by atoms with Gasteiger partial charge in [-0.05, 0) is 37.0 Å². The van der Waals surface area contributed by atoms with Gasteiger partial charge in [0, 0.05) is 12.3 Å². The number of hydrogen-bond acceptors (Lipinski definition) is 5. The third kappa shape index (κ3) is 4.27. The predicted octanol–water partition coefficient (Wildman–Crippen LogP) is 2.73. The smallest absolute Gasteiger partial charge is 0.349 e. The molecule has 27 heavy (non-hydrogen) atoms. The quantitative estimate of drug-likeness (QED) is 0.792. The normalized spacial score (nSPS) is 14.9. The molecule has 1 unspecified atom stereocenters. The lowest BCUT2D eigenvalue weighted by Gasteiger charge is -2.24. The van der Waals surface area contributed by atoms with Gasteiger partial charge in [-0.15, -0.1) is 0 Å². The molecule has 1 amide bonds. The Morgan fingerprint density at radius 2 is 1.96 bits per heavy atom. The minimum absolute atomic E-state index is 0.0694. The summed E-state index contributed by atoms with van der Waals surface area (Å²) in [5.41, 5.74) is 0.684. The van der Waals surface area contributed by atoms with Crippen molar-refractivity contribution in [3.63, 3.8) is 0 Å². The van der Waals surface area contributed by atoms with Gasteiger partial charge in [0.15, 0.2) is 0 Å². The van der Waals surface area contributed by atoms with Crippen LogP contribution in [0.5, 0.6) is 0 Å². The molecule has 1 N–H and O–H groups in total. The number of esters is 1. The van der Waals surface area contributed by atoms with Gasteiger partial charge in [0.25, 0.3) is 5.91 Å². The van der Waals surface area contributed by atoms with Crippen LogP contribution in [0.3, 0.4) is 0 Å². The van der Waals surface area contributed by atoms with Crippen LogP contribution in [0.4, 0.5) is 0 Å². The Morgan fingerprint density at radius 3 is 2.52 bits per heavy atom. The van der Waals surface area contributed by atoms with Crippen molar-refractivity contribution in [3.05, 3.63) is 69.3 Å². The number of benzene rings is 1. The fraction of sp³-hybridized carbons (Fsp3) is 0.381. The van der Waals surface area contributed by atoms with Crippen molar-refractivity contribution in [2.24, 2.45) is 0 Å². The number of methoxy groups -OCH3 is 1. The molecular formula is C21H23NO5. The Labute approximate surface area is 157 Å². The number of ether oxygens (including phenoxy) is 1. The zero-order valence-corrected chi connectivity index (χ0v) is 15.5. The number of carbonyl (C=O) groups is 2. The summed E-state index contributed by atoms with van der Waals surface area (Å²) in [6.07, 6.45) is 3.38. The second-order valence-corrected chi connectivity index (χ2v) is 6.86. The van der Waals surface area contributed by atoms with Gasteiger partial charge in [-0.2, -0.15) is 0 Å². The molecule has 1 aromatic heterocycles. The highest BCUT2D eigenvalue weighted by molar-refractivity contribution is 5.97. The van der Waals surface area contributed by atoms with Crippen LogP contribution in [-0.2, 0) is 16.0 Å². The maximum absolute atomic E-state index is 12.7. The average Bonchev–Trinajstić information content (AvgIpc) is 2.59. The van der Waals surface area contributed by atoms with Gasteiger partial charge >= 0.3 is 11.6 Å². The maximum Gasteiger partial charge on any atom is 0.349 e. The third-order valence-electron chi connectivity index (χ3n) is 4.98. The van der Waals surface area contributed by atoms with Crippen molar-refractivity contribution in [2.45, 2.75) is 44.6 Å². The lowest BCUT2D eigenvalue weighted by molar-refractivity contribution is -0.142. The molecule has 3 rings (SSSR count). The Kier molecular flexibility index (Phi) is 5.74. The topological polar surface area (TPSA) is 85.6 Å². The average molecular weight is 369 g/mol. The van der Waals surface area contributed by atoms with Crippen LogP contribution in [0.1, 0.15) is 52.4 Å². The Bertz CT molecular complexity index is 883. The highest BCUT2D eigenvalue weighted by Gasteiger charge is 2.28. The fourth-order valence-corrected chi connectivity index (χ4v) is 3.22. The minimum Gasteiger partial charge on any atom is -0.467 e. The lowest BCUT2D eigenvalue weighted by Crippen LogP contribution is -2.44. The first-order valence-electron chi connectivity index (χ1n) is 9.07. The van der Waals surface area contributed by atoms with Gasteiger partial charge < -0.3 is 14.5 Å². The van der Waals surface area contributed by atoms with E-state index in [-0.39, 0.29) is 17.9 Å². The van der Waals surface area contributed by atoms with Crippen LogP contribution in [0, 0.1) is 6.92 Å². The van der Waals surface area contributed by atoms with E-state index in [4.69, 9.17) is 9.15 Å². The predicted molar refractivity (Wildman–Crippen MR) is 99.7 cm³/mol. The molecule has 1 saturated carbocycles. The van der Waals surface area contributed by atoms with E-state index in [9.17, 15) is 14.4 Å². The molecule has 0 spiro atoms. The van der Waals surface area contributed by atoms with Gasteiger partial charge in [0.2, 0.25) is 0 Å². The second kappa shape index (κ2) is 8.20. The summed E-state index contributed by atoms with van der Waals surface area (Å²) >= 11 is 0. The fourth-order valence-electron chi connectivity index (χ4n) is 3.22. The molecule has 6 heteroatoms. The van der Waals surface area contributed by atoms with E-state index in [0.29, 0.717) is 11.3 Å². The van der Waals surface area contributed by atoms with E-state index in [0.717, 1.165) is 24.8 Å². The summed E-state index contributed by atoms with van der Waals surface area (Å²) in [6, 6.07) is 10.1. The Morgan fingerprint density at radius 1 is 1.26 bits per heavy atom. The molecule has 0 saturated heterocycles. The molecular weight excluding hydrogens is 346 g/mol. The van der Waals surface area contributed by atoms with Crippen LogP contribution in [0.25, 0.3) is 0 Å². The molecule has 2 aromatic rings. The Hall–Kier alpha value is -2.89. The van der Waals surface area contributed by atoms with Crippen LogP contribution in [-0.4, -0.2) is 25.0 Å². The van der Waals surface area contributed by atoms with Crippen molar-refractivity contribution in [1.82, 2.24) is 5.32 Å². The van der Waals surface area contributed by atoms with E-state index >= 15 is 0 Å². The van der Waals surface area contributed by atoms with Crippen molar-refractivity contribution < 1.29 is 18.7 Å². The standard InChI is InChI=1S/C21H23NO5/c1-13-11-17(15-9-6-10-15)27-21(25)18(13)19(23)22-16(20(24)26-2)12-14-7-4-3-5-8-14/h3-5,7-8,11,15-16H,6,9-10,12H2,1-2H3,(H,22,23). The first kappa shape index (κ1) is 18.9. The van der Waals surface area contributed by atoms with Gasteiger partial charge in [-0.1, -0.05) is 36.8 Å². The molecule has 1 fully saturated rings.